The molecule has 0 unspecified atom stereocenters. The lowest BCUT2D eigenvalue weighted by Gasteiger charge is -2.39. The van der Waals surface area contributed by atoms with Crippen LogP contribution in [0.4, 0.5) is 20.2 Å². The molecule has 0 bridgehead atoms. The fourth-order valence-electron chi connectivity index (χ4n) is 3.15. The second-order valence-corrected chi connectivity index (χ2v) is 12.0. The van der Waals surface area contributed by atoms with E-state index in [1.807, 2.05) is 30.3 Å². The fourth-order valence-corrected chi connectivity index (χ4v) is 4.74. The van der Waals surface area contributed by atoms with Crippen molar-refractivity contribution in [2.75, 3.05) is 25.1 Å². The van der Waals surface area contributed by atoms with Gasteiger partial charge in [0.25, 0.3) is 15.5 Å². The molecule has 4 rings (SSSR count). The summed E-state index contributed by atoms with van der Waals surface area (Å²) in [6.07, 6.45) is -2.60. The van der Waals surface area contributed by atoms with Crippen molar-refractivity contribution in [1.29, 1.82) is 5.26 Å². The van der Waals surface area contributed by atoms with Gasteiger partial charge in [-0.25, -0.2) is 22.0 Å². The van der Waals surface area contributed by atoms with Gasteiger partial charge in [-0.15, -0.1) is 0 Å². The molecule has 1 heterocycles. The Morgan fingerprint density at radius 1 is 1.15 bits per heavy atom. The van der Waals surface area contributed by atoms with E-state index in [1.165, 1.54) is 7.11 Å². The van der Waals surface area contributed by atoms with E-state index in [0.29, 0.717) is 15.7 Å². The van der Waals surface area contributed by atoms with E-state index in [1.54, 1.807) is 18.2 Å². The maximum atomic E-state index is 12.0. The van der Waals surface area contributed by atoms with Crippen molar-refractivity contribution < 1.29 is 26.7 Å². The van der Waals surface area contributed by atoms with E-state index >= 15 is 0 Å². The molecular formula is C26H20Br2ClF2N3O4S. The Labute approximate surface area is 246 Å². The Hall–Kier alpha value is -3.03. The third-order valence-electron chi connectivity index (χ3n) is 5.22. The topological polar surface area (TPSA) is 91.8 Å². The highest BCUT2D eigenvalue weighted by Crippen LogP contribution is 2.28. The Bertz CT molecular complexity index is 1460. The van der Waals surface area contributed by atoms with E-state index in [0.717, 1.165) is 47.5 Å². The van der Waals surface area contributed by atoms with E-state index in [2.05, 4.69) is 46.3 Å². The molecule has 0 amide bonds. The first-order valence-corrected chi connectivity index (χ1v) is 14.8. The maximum absolute atomic E-state index is 12.0. The van der Waals surface area contributed by atoms with Gasteiger partial charge in [0, 0.05) is 44.0 Å². The molecule has 13 heteroatoms. The molecule has 0 aromatic heterocycles. The van der Waals surface area contributed by atoms with Crippen LogP contribution in [0, 0.1) is 23.8 Å². The van der Waals surface area contributed by atoms with Gasteiger partial charge in [0.2, 0.25) is 5.69 Å². The number of carbonyl (C=O) groups is 1. The van der Waals surface area contributed by atoms with Gasteiger partial charge in [-0.1, -0.05) is 62.2 Å². The number of anilines is 1. The molecule has 204 valence electrons. The minimum atomic E-state index is -3.82. The number of nitrogens with zero attached hydrogens (tertiary/aromatic N) is 3. The maximum Gasteiger partial charge on any atom is 0.312 e. The average molecular weight is 704 g/mol. The summed E-state index contributed by atoms with van der Waals surface area (Å²) in [5.41, 5.74) is 1.89. The number of methoxy groups -OCH3 is 1. The van der Waals surface area contributed by atoms with Gasteiger partial charge < -0.3 is 9.64 Å². The minimum absolute atomic E-state index is 0.0361. The summed E-state index contributed by atoms with van der Waals surface area (Å²) in [7, 11) is 2.59. The number of hydrogen-bond acceptors (Lipinski definition) is 6. The standard InChI is InChI=1S/C11H12BrNO2.C8H3BrN2.C7H5ClF2O2S/c1-15-11(14)8-6-13(7-8)10-4-2-3-9(12)5-10;1-11-7-4-2-3-6(5-10)8(7)9;8-13(11,12)6-3-1-5(2-4-6)7(9)10/h2-5,8H,6-7H2,1H3;2-4H;1-4,7H. The molecule has 1 aliphatic heterocycles. The summed E-state index contributed by atoms with van der Waals surface area (Å²) in [4.78, 5) is 16.4. The predicted octanol–water partition coefficient (Wildman–Crippen LogP) is 7.48. The van der Waals surface area contributed by atoms with Gasteiger partial charge >= 0.3 is 5.97 Å². The van der Waals surface area contributed by atoms with Gasteiger partial charge in [0.05, 0.1) is 36.1 Å². The molecule has 0 radical (unpaired) electrons. The molecule has 0 spiro atoms. The van der Waals surface area contributed by atoms with E-state index < -0.39 is 15.5 Å². The zero-order valence-corrected chi connectivity index (χ0v) is 24.9. The summed E-state index contributed by atoms with van der Waals surface area (Å²) < 4.78 is 51.7. The third kappa shape index (κ3) is 9.59. The molecule has 39 heavy (non-hydrogen) atoms. The summed E-state index contributed by atoms with van der Waals surface area (Å²) in [5, 5.41) is 8.56. The highest BCUT2D eigenvalue weighted by atomic mass is 79.9. The van der Waals surface area contributed by atoms with Crippen LogP contribution in [0.1, 0.15) is 17.6 Å². The Kier molecular flexibility index (Phi) is 12.3. The summed E-state index contributed by atoms with van der Waals surface area (Å²) in [6, 6.07) is 19.2. The molecule has 7 nitrogen and oxygen atoms in total. The zero-order chi connectivity index (χ0) is 29.2. The lowest BCUT2D eigenvalue weighted by Crippen LogP contribution is -2.50. The van der Waals surface area contributed by atoms with Crippen LogP contribution < -0.4 is 4.90 Å². The number of hydrogen-bond donors (Lipinski definition) is 0. The second-order valence-electron chi connectivity index (χ2n) is 7.77. The Balaban J connectivity index is 0.000000208. The number of rotatable bonds is 4. The monoisotopic (exact) mass is 701 g/mol. The first kappa shape index (κ1) is 32.2. The van der Waals surface area contributed by atoms with Crippen LogP contribution in [0.3, 0.4) is 0 Å². The van der Waals surface area contributed by atoms with Gasteiger partial charge in [-0.05, 0) is 36.4 Å². The molecule has 3 aromatic rings. The number of carbonyl (C=O) groups excluding carboxylic acids is 1. The number of alkyl halides is 2. The van der Waals surface area contributed by atoms with Gasteiger partial charge in [-0.2, -0.15) is 5.26 Å². The van der Waals surface area contributed by atoms with Crippen LogP contribution in [0.2, 0.25) is 0 Å². The van der Waals surface area contributed by atoms with Crippen LogP contribution >= 0.6 is 42.5 Å². The van der Waals surface area contributed by atoms with E-state index in [-0.39, 0.29) is 22.3 Å². The van der Waals surface area contributed by atoms with Crippen molar-refractivity contribution in [2.45, 2.75) is 11.3 Å². The summed E-state index contributed by atoms with van der Waals surface area (Å²) in [6.45, 7) is 8.25. The highest BCUT2D eigenvalue weighted by Gasteiger charge is 2.33. The smallest absolute Gasteiger partial charge is 0.312 e. The SMILES string of the molecule is COC(=O)C1CN(c2cccc(Br)c2)C1.O=S(=O)(Cl)c1ccc(C(F)F)cc1.[C-]#[N+]c1cccc(C#N)c1Br. The van der Waals surface area contributed by atoms with Crippen LogP contribution in [0.15, 0.2) is 80.6 Å². The molecule has 0 N–H and O–H groups in total. The van der Waals surface area contributed by atoms with Crippen LogP contribution in [-0.4, -0.2) is 34.6 Å². The Morgan fingerprint density at radius 2 is 1.77 bits per heavy atom. The van der Waals surface area contributed by atoms with Crippen molar-refractivity contribution in [2.24, 2.45) is 5.92 Å². The predicted molar refractivity (Wildman–Crippen MR) is 151 cm³/mol. The molecule has 0 atom stereocenters. The molecule has 1 saturated heterocycles. The molecule has 0 aliphatic carbocycles. The first-order valence-electron chi connectivity index (χ1n) is 10.9. The second kappa shape index (κ2) is 14.9. The number of nitriles is 1. The highest BCUT2D eigenvalue weighted by molar-refractivity contribution is 9.11. The third-order valence-corrected chi connectivity index (χ3v) is 7.92. The van der Waals surface area contributed by atoms with Crippen molar-refractivity contribution in [1.82, 2.24) is 0 Å². The van der Waals surface area contributed by atoms with Crippen LogP contribution in [-0.2, 0) is 18.6 Å². The molecular weight excluding hydrogens is 684 g/mol. The number of halogens is 5. The molecule has 1 fully saturated rings. The van der Waals surface area contributed by atoms with Crippen molar-refractivity contribution in [3.8, 4) is 6.07 Å². The molecule has 3 aromatic carbocycles. The normalized spacial score (nSPS) is 12.5. The number of benzene rings is 3. The fraction of sp³-hybridized carbons (Fsp3) is 0.192. The molecule has 0 saturated carbocycles. The van der Waals surface area contributed by atoms with Crippen LogP contribution in [0.25, 0.3) is 4.85 Å². The lowest BCUT2D eigenvalue weighted by molar-refractivity contribution is -0.146. The molecule has 1 aliphatic rings. The van der Waals surface area contributed by atoms with E-state index in [4.69, 9.17) is 22.5 Å². The minimum Gasteiger partial charge on any atom is -0.469 e. The first-order chi connectivity index (χ1) is 18.4. The van der Waals surface area contributed by atoms with E-state index in [9.17, 15) is 22.0 Å². The summed E-state index contributed by atoms with van der Waals surface area (Å²) in [5.74, 6) is -0.0739. The van der Waals surface area contributed by atoms with Crippen molar-refractivity contribution in [3.05, 3.63) is 98.2 Å². The van der Waals surface area contributed by atoms with Gasteiger partial charge in [0.15, 0.2) is 0 Å². The van der Waals surface area contributed by atoms with Crippen molar-refractivity contribution in [3.63, 3.8) is 0 Å². The van der Waals surface area contributed by atoms with Crippen LogP contribution in [0.5, 0.6) is 0 Å². The summed E-state index contributed by atoms with van der Waals surface area (Å²) >= 11 is 6.59. The average Bonchev–Trinajstić information content (AvgIpc) is 2.88. The Morgan fingerprint density at radius 3 is 2.26 bits per heavy atom. The lowest BCUT2D eigenvalue weighted by atomic mass is 9.99. The largest absolute Gasteiger partial charge is 0.469 e. The zero-order valence-electron chi connectivity index (χ0n) is 20.2. The number of esters is 1. The number of ether oxygens (including phenoxy) is 1. The quantitative estimate of drug-likeness (QED) is 0.159. The van der Waals surface area contributed by atoms with Gasteiger partial charge in [-0.3, -0.25) is 4.79 Å². The van der Waals surface area contributed by atoms with Gasteiger partial charge in [0.1, 0.15) is 0 Å². The van der Waals surface area contributed by atoms with Crippen molar-refractivity contribution >= 4 is 68.9 Å².